The van der Waals surface area contributed by atoms with Gasteiger partial charge in [0.25, 0.3) is 0 Å². The average molecular weight is 157 g/mol. The number of alkyl halides is 1. The van der Waals surface area contributed by atoms with Crippen LogP contribution in [0.1, 0.15) is 13.3 Å². The zero-order valence-electron chi connectivity index (χ0n) is 6.47. The monoisotopic (exact) mass is 156 g/mol. The van der Waals surface area contributed by atoms with Gasteiger partial charge in [0.15, 0.2) is 0 Å². The molecule has 10 heavy (non-hydrogen) atoms. The second-order valence-corrected chi connectivity index (χ2v) is 1.97. The lowest BCUT2D eigenvalue weighted by Crippen LogP contribution is -1.62. The Balaban J connectivity index is 0.000000371. The topological polar surface area (TPSA) is 0 Å². The Kier molecular flexibility index (Phi) is 6.30. The average Bonchev–Trinajstić information content (AvgIpc) is 2.21. The molecule has 1 aliphatic rings. The summed E-state index contributed by atoms with van der Waals surface area (Å²) >= 11 is 4.64. The number of rotatable bonds is 0. The Labute approximate surface area is 67.9 Å². The van der Waals surface area contributed by atoms with Gasteiger partial charge in [0.1, 0.15) is 0 Å². The summed E-state index contributed by atoms with van der Waals surface area (Å²) in [5, 5.41) is 0. The molecule has 0 heterocycles. The molecule has 0 aliphatic heterocycles. The van der Waals surface area contributed by atoms with Crippen molar-refractivity contribution < 1.29 is 0 Å². The van der Waals surface area contributed by atoms with Crippen LogP contribution in [0.15, 0.2) is 36.0 Å². The van der Waals surface area contributed by atoms with Gasteiger partial charge in [0.05, 0.1) is 0 Å². The number of halogens is 1. The fourth-order valence-electron chi connectivity index (χ4n) is 0.686. The second kappa shape index (κ2) is 6.63. The molecule has 56 valence electrons. The predicted octanol–water partition coefficient (Wildman–Crippen LogP) is 3.30. The summed E-state index contributed by atoms with van der Waals surface area (Å²) in [4.78, 5) is 0. The molecule has 0 radical (unpaired) electrons. The van der Waals surface area contributed by atoms with Crippen LogP contribution in [0.4, 0.5) is 0 Å². The van der Waals surface area contributed by atoms with Crippen molar-refractivity contribution in [1.29, 1.82) is 0 Å². The van der Waals surface area contributed by atoms with Gasteiger partial charge in [-0.3, -0.25) is 0 Å². The Bertz CT molecular complexity index is 149. The van der Waals surface area contributed by atoms with Gasteiger partial charge in [-0.05, 0) is 13.3 Å². The van der Waals surface area contributed by atoms with E-state index in [0.29, 0.717) is 0 Å². The highest BCUT2D eigenvalue weighted by molar-refractivity contribution is 6.15. The lowest BCUT2D eigenvalue weighted by atomic mass is 10.2. The summed E-state index contributed by atoms with van der Waals surface area (Å²) in [7, 11) is 0. The van der Waals surface area contributed by atoms with E-state index < -0.39 is 0 Å². The smallest absolute Gasteiger partial charge is 0.0108 e. The van der Waals surface area contributed by atoms with E-state index in [9.17, 15) is 0 Å². The van der Waals surface area contributed by atoms with E-state index >= 15 is 0 Å². The van der Waals surface area contributed by atoms with Crippen molar-refractivity contribution in [2.75, 3.05) is 6.38 Å². The molecule has 1 aliphatic carbocycles. The minimum Gasteiger partial charge on any atom is -0.130 e. The van der Waals surface area contributed by atoms with Gasteiger partial charge in [-0.15, -0.1) is 11.6 Å². The molecule has 0 fully saturated rings. The van der Waals surface area contributed by atoms with Crippen molar-refractivity contribution in [2.45, 2.75) is 13.3 Å². The highest BCUT2D eigenvalue weighted by Gasteiger charge is 1.81. The minimum absolute atomic E-state index is 1.08. The van der Waals surface area contributed by atoms with Crippen LogP contribution in [-0.2, 0) is 0 Å². The number of allylic oxidation sites excluding steroid dienone is 6. The maximum atomic E-state index is 4.64. The van der Waals surface area contributed by atoms with Crippen LogP contribution in [-0.4, -0.2) is 6.38 Å². The van der Waals surface area contributed by atoms with Crippen LogP contribution in [0.3, 0.4) is 0 Å². The van der Waals surface area contributed by atoms with Gasteiger partial charge < -0.3 is 0 Å². The Morgan fingerprint density at radius 1 is 1.30 bits per heavy atom. The quantitative estimate of drug-likeness (QED) is 0.472. The van der Waals surface area contributed by atoms with Crippen LogP contribution < -0.4 is 0 Å². The molecule has 0 amide bonds. The van der Waals surface area contributed by atoms with E-state index in [1.54, 1.807) is 0 Å². The van der Waals surface area contributed by atoms with Crippen LogP contribution >= 0.6 is 11.6 Å². The standard InChI is InChI=1S/C8H10.CH3Cl/c1-8-6-4-2-3-5-7-8;1-2/h2-4,6-7H,5H2,1H3;1H3. The van der Waals surface area contributed by atoms with Gasteiger partial charge in [-0.25, -0.2) is 0 Å². The summed E-state index contributed by atoms with van der Waals surface area (Å²) in [6.07, 6.45) is 13.2. The maximum absolute atomic E-state index is 4.64. The lowest BCUT2D eigenvalue weighted by molar-refractivity contribution is 1.35. The fraction of sp³-hybridized carbons (Fsp3) is 0.333. The summed E-state index contributed by atoms with van der Waals surface area (Å²) in [6, 6.07) is 0. The Morgan fingerprint density at radius 2 is 2.00 bits per heavy atom. The highest BCUT2D eigenvalue weighted by Crippen LogP contribution is 2.01. The summed E-state index contributed by atoms with van der Waals surface area (Å²) in [5.41, 5.74) is 1.36. The molecule has 0 aromatic carbocycles. The van der Waals surface area contributed by atoms with Gasteiger partial charge in [0.2, 0.25) is 0 Å². The summed E-state index contributed by atoms with van der Waals surface area (Å²) in [5.74, 6) is 0. The molecule has 0 bridgehead atoms. The van der Waals surface area contributed by atoms with Crippen LogP contribution in [0, 0.1) is 0 Å². The minimum atomic E-state index is 1.08. The molecule has 0 aromatic rings. The van der Waals surface area contributed by atoms with Crippen molar-refractivity contribution in [1.82, 2.24) is 0 Å². The van der Waals surface area contributed by atoms with Gasteiger partial charge in [0, 0.05) is 6.38 Å². The zero-order valence-corrected chi connectivity index (χ0v) is 7.23. The molecule has 0 saturated heterocycles. The number of hydrogen-bond acceptors (Lipinski definition) is 0. The fourth-order valence-corrected chi connectivity index (χ4v) is 0.686. The van der Waals surface area contributed by atoms with E-state index in [-0.39, 0.29) is 0 Å². The zero-order chi connectivity index (χ0) is 7.82. The lowest BCUT2D eigenvalue weighted by Gasteiger charge is -1.82. The molecule has 0 atom stereocenters. The van der Waals surface area contributed by atoms with Crippen molar-refractivity contribution in [3.8, 4) is 0 Å². The van der Waals surface area contributed by atoms with Gasteiger partial charge in [-0.1, -0.05) is 36.0 Å². The SMILES string of the molecule is CC1=CCC=CC=C1.CCl. The molecule has 0 nitrogen and oxygen atoms in total. The normalized spacial score (nSPS) is 14.9. The summed E-state index contributed by atoms with van der Waals surface area (Å²) in [6.45, 7) is 2.11. The first-order valence-corrected chi connectivity index (χ1v) is 4.03. The third-order valence-corrected chi connectivity index (χ3v) is 1.18. The molecule has 0 aromatic heterocycles. The van der Waals surface area contributed by atoms with Crippen molar-refractivity contribution in [2.24, 2.45) is 0 Å². The first kappa shape index (κ1) is 9.51. The molecular weight excluding hydrogens is 144 g/mol. The van der Waals surface area contributed by atoms with Gasteiger partial charge in [-0.2, -0.15) is 0 Å². The molecule has 1 rings (SSSR count). The van der Waals surface area contributed by atoms with E-state index in [2.05, 4.69) is 48.9 Å². The van der Waals surface area contributed by atoms with Crippen molar-refractivity contribution >= 4 is 11.6 Å². The van der Waals surface area contributed by atoms with E-state index in [0.717, 1.165) is 6.42 Å². The van der Waals surface area contributed by atoms with E-state index in [1.807, 2.05) is 0 Å². The Hall–Kier alpha value is -0.490. The molecule has 0 spiro atoms. The molecule has 0 N–H and O–H groups in total. The molecule has 0 saturated carbocycles. The first-order chi connectivity index (χ1) is 4.89. The molecule has 1 heteroatoms. The second-order valence-electron chi connectivity index (χ2n) is 1.97. The van der Waals surface area contributed by atoms with Gasteiger partial charge >= 0.3 is 0 Å². The predicted molar refractivity (Wildman–Crippen MR) is 48.4 cm³/mol. The van der Waals surface area contributed by atoms with Crippen LogP contribution in [0.25, 0.3) is 0 Å². The Morgan fingerprint density at radius 3 is 2.70 bits per heavy atom. The van der Waals surface area contributed by atoms with Crippen molar-refractivity contribution in [3.05, 3.63) is 36.0 Å². The molecule has 0 unspecified atom stereocenters. The molecular formula is C9H13Cl. The van der Waals surface area contributed by atoms with Crippen molar-refractivity contribution in [3.63, 3.8) is 0 Å². The number of hydrogen-bond donors (Lipinski definition) is 0. The van der Waals surface area contributed by atoms with E-state index in [4.69, 9.17) is 0 Å². The third kappa shape index (κ3) is 4.39. The highest BCUT2D eigenvalue weighted by atomic mass is 35.5. The first-order valence-electron chi connectivity index (χ1n) is 3.27. The summed E-state index contributed by atoms with van der Waals surface area (Å²) < 4.78 is 0. The van der Waals surface area contributed by atoms with Crippen LogP contribution in [0.5, 0.6) is 0 Å². The largest absolute Gasteiger partial charge is 0.130 e. The third-order valence-electron chi connectivity index (χ3n) is 1.18. The van der Waals surface area contributed by atoms with E-state index in [1.165, 1.54) is 12.0 Å². The van der Waals surface area contributed by atoms with Crippen LogP contribution in [0.2, 0.25) is 0 Å². The maximum Gasteiger partial charge on any atom is 0.0108 e.